The quantitative estimate of drug-likeness (QED) is 0.0341. The summed E-state index contributed by atoms with van der Waals surface area (Å²) in [5.74, 6) is 0.829. The Kier molecular flexibility index (Phi) is 13.3. The van der Waals surface area contributed by atoms with Crippen LogP contribution in [0.5, 0.6) is 0 Å². The molecule has 1 fully saturated rings. The molecule has 1 saturated heterocycles. The number of unbranched alkanes of at least 4 members (excludes halogenated alkanes) is 3. The van der Waals surface area contributed by atoms with Crippen LogP contribution in [-0.4, -0.2) is 39.0 Å². The van der Waals surface area contributed by atoms with Crippen molar-refractivity contribution in [3.63, 3.8) is 0 Å². The molecule has 10 nitrogen and oxygen atoms in total. The molecule has 0 saturated carbocycles. The number of ether oxygens (including phenoxy) is 2. The van der Waals surface area contributed by atoms with Crippen LogP contribution < -0.4 is 10.8 Å². The van der Waals surface area contributed by atoms with Crippen LogP contribution in [0.4, 0.5) is 5.69 Å². The number of anilines is 1. The molecular formula is C41H43N3O7S. The number of aliphatic hydroxyl groups excluding tert-OH is 1. The summed E-state index contributed by atoms with van der Waals surface area (Å²) in [6.07, 6.45) is 3.17. The second-order valence-corrected chi connectivity index (χ2v) is 13.6. The summed E-state index contributed by atoms with van der Waals surface area (Å²) in [5, 5.41) is 21.7. The number of carbonyl (C=O) groups excluding carboxylic acids is 2. The van der Waals surface area contributed by atoms with Gasteiger partial charge in [0.1, 0.15) is 5.69 Å². The summed E-state index contributed by atoms with van der Waals surface area (Å²) in [4.78, 5) is 28.6. The van der Waals surface area contributed by atoms with Crippen molar-refractivity contribution in [2.24, 2.45) is 0 Å². The van der Waals surface area contributed by atoms with Crippen molar-refractivity contribution in [1.29, 1.82) is 0 Å². The smallest absolute Gasteiger partial charge is 0.256 e. The maximum absolute atomic E-state index is 12.6. The zero-order valence-electron chi connectivity index (χ0n) is 28.8. The molecule has 0 aliphatic carbocycles. The molecule has 2 heterocycles. The van der Waals surface area contributed by atoms with Gasteiger partial charge in [0, 0.05) is 47.4 Å². The second kappa shape index (κ2) is 18.6. The van der Waals surface area contributed by atoms with Gasteiger partial charge in [-0.1, -0.05) is 122 Å². The normalized spacial score (nSPS) is 17.1. The number of thioether (sulfide) groups is 1. The Balaban J connectivity index is 1.12. The van der Waals surface area contributed by atoms with Gasteiger partial charge in [-0.15, -0.1) is 0 Å². The number of nitrogens with one attached hydrogen (secondary N) is 2. The number of benzene rings is 4. The maximum Gasteiger partial charge on any atom is 0.256 e. The van der Waals surface area contributed by atoms with Gasteiger partial charge < -0.3 is 24.3 Å². The van der Waals surface area contributed by atoms with E-state index in [4.69, 9.17) is 24.1 Å². The van der Waals surface area contributed by atoms with Crippen LogP contribution >= 0.6 is 11.8 Å². The summed E-state index contributed by atoms with van der Waals surface area (Å²) in [6.45, 7) is -0.0305. The van der Waals surface area contributed by atoms with Crippen molar-refractivity contribution in [1.82, 2.24) is 10.5 Å². The lowest BCUT2D eigenvalue weighted by Crippen LogP contribution is -2.31. The molecule has 1 aromatic heterocycles. The van der Waals surface area contributed by atoms with Crippen molar-refractivity contribution in [2.75, 3.05) is 11.1 Å². The van der Waals surface area contributed by atoms with Gasteiger partial charge in [-0.25, -0.2) is 10.5 Å². The van der Waals surface area contributed by atoms with Crippen LogP contribution in [0.1, 0.15) is 74.0 Å². The Morgan fingerprint density at radius 1 is 0.750 bits per heavy atom. The van der Waals surface area contributed by atoms with Crippen molar-refractivity contribution in [3.8, 4) is 22.6 Å². The summed E-state index contributed by atoms with van der Waals surface area (Å²) in [7, 11) is 0. The molecule has 3 atom stereocenters. The Morgan fingerprint density at radius 2 is 1.38 bits per heavy atom. The summed E-state index contributed by atoms with van der Waals surface area (Å²) < 4.78 is 19.4. The first kappa shape index (κ1) is 37.0. The van der Waals surface area contributed by atoms with E-state index in [1.54, 1.807) is 5.48 Å². The molecule has 4 aromatic carbocycles. The number of hydrogen-bond acceptors (Lipinski definition) is 9. The van der Waals surface area contributed by atoms with E-state index in [-0.39, 0.29) is 31.1 Å². The molecule has 0 bridgehead atoms. The van der Waals surface area contributed by atoms with E-state index in [9.17, 15) is 14.7 Å². The minimum Gasteiger partial charge on any atom is -0.431 e. The number of carbonyl (C=O) groups is 2. The Hall–Kier alpha value is -4.78. The Bertz CT molecular complexity index is 1810. The lowest BCUT2D eigenvalue weighted by molar-refractivity contribution is -0.245. The molecule has 0 spiro atoms. The first-order valence-corrected chi connectivity index (χ1v) is 18.6. The van der Waals surface area contributed by atoms with Gasteiger partial charge in [0.15, 0.2) is 12.1 Å². The molecule has 0 unspecified atom stereocenters. The van der Waals surface area contributed by atoms with Crippen molar-refractivity contribution in [3.05, 3.63) is 126 Å². The van der Waals surface area contributed by atoms with Crippen molar-refractivity contribution >= 4 is 29.3 Å². The minimum absolute atomic E-state index is 0.0305. The highest BCUT2D eigenvalue weighted by Crippen LogP contribution is 2.41. The van der Waals surface area contributed by atoms with Gasteiger partial charge in [-0.2, -0.15) is 0 Å². The highest BCUT2D eigenvalue weighted by Gasteiger charge is 2.33. The molecule has 11 heteroatoms. The average molecular weight is 722 g/mol. The van der Waals surface area contributed by atoms with E-state index in [0.29, 0.717) is 42.3 Å². The number of rotatable bonds is 16. The molecule has 2 amide bonds. The van der Waals surface area contributed by atoms with Crippen LogP contribution in [0, 0.1) is 0 Å². The number of oxazole rings is 1. The van der Waals surface area contributed by atoms with Gasteiger partial charge in [-0.05, 0) is 36.1 Å². The number of aromatic nitrogens is 1. The van der Waals surface area contributed by atoms with Gasteiger partial charge in [-0.3, -0.25) is 14.8 Å². The third-order valence-corrected chi connectivity index (χ3v) is 9.81. The monoisotopic (exact) mass is 721 g/mol. The topological polar surface area (TPSA) is 143 Å². The number of hydrogen-bond donors (Lipinski definition) is 4. The van der Waals surface area contributed by atoms with E-state index in [0.717, 1.165) is 52.1 Å². The number of aliphatic hydroxyl groups is 1. The van der Waals surface area contributed by atoms with E-state index >= 15 is 0 Å². The maximum atomic E-state index is 12.6. The first-order valence-electron chi connectivity index (χ1n) is 17.6. The predicted molar refractivity (Wildman–Crippen MR) is 199 cm³/mol. The molecule has 5 aromatic rings. The van der Waals surface area contributed by atoms with Crippen LogP contribution in [-0.2, 0) is 25.7 Å². The molecular weight excluding hydrogens is 679 g/mol. The van der Waals surface area contributed by atoms with Gasteiger partial charge in [0.05, 0.1) is 18.8 Å². The predicted octanol–water partition coefficient (Wildman–Crippen LogP) is 8.62. The fourth-order valence-corrected chi connectivity index (χ4v) is 6.89. The Morgan fingerprint density at radius 3 is 2.04 bits per heavy atom. The largest absolute Gasteiger partial charge is 0.431 e. The van der Waals surface area contributed by atoms with Crippen molar-refractivity contribution < 1.29 is 33.8 Å². The van der Waals surface area contributed by atoms with Gasteiger partial charge in [0.25, 0.3) is 5.22 Å². The molecule has 4 N–H and O–H groups in total. The molecule has 6 rings (SSSR count). The summed E-state index contributed by atoms with van der Waals surface area (Å²) in [6, 6.07) is 35.3. The van der Waals surface area contributed by atoms with Crippen LogP contribution in [0.3, 0.4) is 0 Å². The van der Waals surface area contributed by atoms with Gasteiger partial charge in [0.2, 0.25) is 11.8 Å². The van der Waals surface area contributed by atoms with Gasteiger partial charge >= 0.3 is 0 Å². The minimum atomic E-state index is -0.649. The average Bonchev–Trinajstić information content (AvgIpc) is 3.63. The fraction of sp³-hybridized carbons (Fsp3) is 0.293. The van der Waals surface area contributed by atoms with Crippen LogP contribution in [0.25, 0.3) is 22.6 Å². The lowest BCUT2D eigenvalue weighted by Gasteiger charge is -2.36. The zero-order chi connectivity index (χ0) is 36.1. The zero-order valence-corrected chi connectivity index (χ0v) is 29.6. The lowest BCUT2D eigenvalue weighted by atomic mass is 10.0. The molecule has 1 aliphatic heterocycles. The second-order valence-electron chi connectivity index (χ2n) is 12.7. The standard InChI is InChI=1S/C41H43N3O7S/c45-26-28-17-19-29(20-18-28)35-25-34(27-52-41-43-38(30-11-5-3-6-12-30)39(51-41)31-13-7-4-8-14-31)49-40(50-35)32-21-23-33(24-22-32)42-36(46)15-9-1-2-10-16-37(47)44-48/h3-8,11-14,17-24,34-35,40,45,48H,1-2,9-10,15-16,25-27H2,(H,42,46)(H,44,47)/t34-,35-,40+/m0/s1. The van der Waals surface area contributed by atoms with Crippen LogP contribution in [0.15, 0.2) is 119 Å². The van der Waals surface area contributed by atoms with Crippen LogP contribution in [0.2, 0.25) is 0 Å². The van der Waals surface area contributed by atoms with E-state index in [1.165, 1.54) is 11.8 Å². The molecule has 270 valence electrons. The third-order valence-electron chi connectivity index (χ3n) is 8.85. The first-order chi connectivity index (χ1) is 25.5. The van der Waals surface area contributed by atoms with E-state index in [2.05, 4.69) is 5.32 Å². The van der Waals surface area contributed by atoms with E-state index < -0.39 is 12.2 Å². The highest BCUT2D eigenvalue weighted by molar-refractivity contribution is 7.99. The van der Waals surface area contributed by atoms with E-state index in [1.807, 2.05) is 109 Å². The third kappa shape index (κ3) is 10.2. The summed E-state index contributed by atoms with van der Waals surface area (Å²) in [5.41, 5.74) is 7.69. The number of nitrogens with zero attached hydrogens (tertiary/aromatic N) is 1. The summed E-state index contributed by atoms with van der Waals surface area (Å²) >= 11 is 1.51. The van der Waals surface area contributed by atoms with Crippen molar-refractivity contribution in [2.45, 2.75) is 75.3 Å². The SMILES string of the molecule is O=C(CCCCCCC(=O)Nc1ccc([C@@H]2O[C@H](CSc3nc(-c4ccccc4)c(-c4ccccc4)o3)C[C@@H](c3ccc(CO)cc3)O2)cc1)NO. The highest BCUT2D eigenvalue weighted by atomic mass is 32.2. The number of amides is 2. The molecule has 0 radical (unpaired) electrons. The Labute approximate surface area is 307 Å². The number of hydroxylamine groups is 1. The fourth-order valence-electron chi connectivity index (χ4n) is 6.05. The molecule has 52 heavy (non-hydrogen) atoms. The molecule has 1 aliphatic rings.